The van der Waals surface area contributed by atoms with E-state index in [1.165, 1.54) is 13.2 Å². The molecule has 2 aliphatic heterocycles. The maximum Gasteiger partial charge on any atom is 0.202 e. The van der Waals surface area contributed by atoms with E-state index < -0.39 is 41.6 Å². The number of carbonyl (C=O) groups is 2. The van der Waals surface area contributed by atoms with Gasteiger partial charge in [0.2, 0.25) is 5.78 Å². The highest BCUT2D eigenvalue weighted by atomic mass is 16.7. The second kappa shape index (κ2) is 10.5. The van der Waals surface area contributed by atoms with Crippen LogP contribution in [0.4, 0.5) is 0 Å². The van der Waals surface area contributed by atoms with Gasteiger partial charge in [-0.15, -0.1) is 0 Å². The lowest BCUT2D eigenvalue weighted by molar-refractivity contribution is -0.230. The molecule has 0 radical (unpaired) electrons. The Hall–Kier alpha value is -3.06. The molecule has 2 fully saturated rings. The smallest absolute Gasteiger partial charge is 0.202 e. The second-order valence-corrected chi connectivity index (χ2v) is 10.2. The molecule has 2 saturated heterocycles. The van der Waals surface area contributed by atoms with Crippen molar-refractivity contribution in [2.75, 3.05) is 33.5 Å². The van der Waals surface area contributed by atoms with Crippen molar-refractivity contribution in [2.45, 2.75) is 56.5 Å². The molecule has 11 nitrogen and oxygen atoms in total. The summed E-state index contributed by atoms with van der Waals surface area (Å²) < 4.78 is 28.8. The number of phenols is 2. The van der Waals surface area contributed by atoms with Crippen molar-refractivity contribution >= 4 is 11.6 Å². The molecule has 2 aromatic carbocycles. The first-order chi connectivity index (χ1) is 18.9. The maximum absolute atomic E-state index is 13.6. The lowest BCUT2D eigenvalue weighted by Gasteiger charge is -2.37. The fourth-order valence-electron chi connectivity index (χ4n) is 5.94. The first-order valence-corrected chi connectivity index (χ1v) is 13.2. The van der Waals surface area contributed by atoms with E-state index in [2.05, 4.69) is 5.32 Å². The number of benzene rings is 2. The highest BCUT2D eigenvalue weighted by Crippen LogP contribution is 2.50. The molecule has 2 heterocycles. The van der Waals surface area contributed by atoms with E-state index in [1.807, 2.05) is 0 Å². The predicted octanol–water partition coefficient (Wildman–Crippen LogP) is 1.71. The van der Waals surface area contributed by atoms with Gasteiger partial charge >= 0.3 is 0 Å². The van der Waals surface area contributed by atoms with Gasteiger partial charge < -0.3 is 39.0 Å². The predicted molar refractivity (Wildman–Crippen MR) is 134 cm³/mol. The number of aromatic hydroxyl groups is 2. The van der Waals surface area contributed by atoms with Gasteiger partial charge in [0.25, 0.3) is 0 Å². The van der Waals surface area contributed by atoms with Crippen molar-refractivity contribution in [2.24, 2.45) is 0 Å². The van der Waals surface area contributed by atoms with Gasteiger partial charge in [-0.2, -0.15) is 0 Å². The molecule has 0 saturated carbocycles. The summed E-state index contributed by atoms with van der Waals surface area (Å²) >= 11 is 0. The minimum Gasteiger partial charge on any atom is -0.507 e. The van der Waals surface area contributed by atoms with Crippen LogP contribution in [0.15, 0.2) is 18.2 Å². The second-order valence-electron chi connectivity index (χ2n) is 10.2. The molecule has 39 heavy (non-hydrogen) atoms. The van der Waals surface area contributed by atoms with Crippen molar-refractivity contribution in [3.05, 3.63) is 51.6 Å². The molecule has 0 spiro atoms. The Kier molecular flexibility index (Phi) is 7.04. The third-order valence-corrected chi connectivity index (χ3v) is 7.76. The lowest BCUT2D eigenvalue weighted by atomic mass is 9.76. The van der Waals surface area contributed by atoms with E-state index in [0.29, 0.717) is 26.1 Å². The normalized spacial score (nSPS) is 28.4. The highest BCUT2D eigenvalue weighted by Gasteiger charge is 2.43. The number of nitrogens with one attached hydrogen (secondary N) is 1. The molecule has 2 aliphatic carbocycles. The first-order valence-electron chi connectivity index (χ1n) is 13.2. The fourth-order valence-corrected chi connectivity index (χ4v) is 5.94. The number of fused-ring (bicyclic) bond motifs is 3. The molecule has 0 aromatic heterocycles. The Morgan fingerprint density at radius 3 is 2.54 bits per heavy atom. The summed E-state index contributed by atoms with van der Waals surface area (Å²) in [6, 6.07) is 4.61. The third-order valence-electron chi connectivity index (χ3n) is 7.76. The number of aliphatic hydroxyl groups is 1. The Labute approximate surface area is 224 Å². The number of methoxy groups -OCH3 is 1. The number of hydrogen-bond donors (Lipinski definition) is 4. The summed E-state index contributed by atoms with van der Waals surface area (Å²) in [7, 11) is 1.39. The Bertz CT molecular complexity index is 1300. The van der Waals surface area contributed by atoms with Crippen LogP contribution in [0.3, 0.4) is 0 Å². The van der Waals surface area contributed by atoms with Gasteiger partial charge in [-0.05, 0) is 12.5 Å². The molecular weight excluding hydrogens is 510 g/mol. The number of ketones is 2. The van der Waals surface area contributed by atoms with Crippen molar-refractivity contribution in [1.29, 1.82) is 0 Å². The highest BCUT2D eigenvalue weighted by molar-refractivity contribution is 6.31. The van der Waals surface area contributed by atoms with Crippen molar-refractivity contribution in [3.8, 4) is 17.2 Å². The zero-order chi connectivity index (χ0) is 27.3. The quantitative estimate of drug-likeness (QED) is 0.349. The standard InChI is InChI=1S/C28H31NO10/c1-35-17-4-2-3-15-21(17)27(33)24-23(25(15)31)26(32)16-9-13(30)10-18(22(16)28(24)34)39-20-6-5-14(11-37-20)38-19-12-36-8-7-29-19/h2-4,13-14,18-20,29-30,32,34H,5-12H2,1H3/t13-,14-,18?,19?,20-/m0/s1. The van der Waals surface area contributed by atoms with E-state index in [4.69, 9.17) is 23.7 Å². The van der Waals surface area contributed by atoms with Crippen LogP contribution in [0.5, 0.6) is 17.2 Å². The molecule has 2 aromatic rings. The Morgan fingerprint density at radius 2 is 1.82 bits per heavy atom. The third kappa shape index (κ3) is 4.58. The van der Waals surface area contributed by atoms with E-state index in [1.54, 1.807) is 12.1 Å². The Morgan fingerprint density at radius 1 is 1.00 bits per heavy atom. The van der Waals surface area contributed by atoms with E-state index >= 15 is 0 Å². The molecule has 2 unspecified atom stereocenters. The number of phenolic OH excluding ortho intramolecular Hbond substituents is 2. The zero-order valence-electron chi connectivity index (χ0n) is 21.5. The fraction of sp³-hybridized carbons (Fsp3) is 0.500. The summed E-state index contributed by atoms with van der Waals surface area (Å²) in [6.45, 7) is 2.13. The number of carbonyl (C=O) groups excluding carboxylic acids is 2. The molecule has 6 rings (SSSR count). The van der Waals surface area contributed by atoms with Crippen LogP contribution in [0.2, 0.25) is 0 Å². The van der Waals surface area contributed by atoms with Crippen LogP contribution in [-0.2, 0) is 25.4 Å². The van der Waals surface area contributed by atoms with Crippen LogP contribution >= 0.6 is 0 Å². The van der Waals surface area contributed by atoms with Gasteiger partial charge in [0, 0.05) is 42.5 Å². The van der Waals surface area contributed by atoms with Crippen LogP contribution < -0.4 is 10.1 Å². The van der Waals surface area contributed by atoms with Crippen molar-refractivity contribution < 1.29 is 48.6 Å². The van der Waals surface area contributed by atoms with E-state index in [9.17, 15) is 24.9 Å². The van der Waals surface area contributed by atoms with Crippen molar-refractivity contribution in [1.82, 2.24) is 5.32 Å². The average molecular weight is 542 g/mol. The summed E-state index contributed by atoms with van der Waals surface area (Å²) in [5.41, 5.74) is -0.102. The number of rotatable bonds is 5. The molecule has 11 heteroatoms. The molecule has 4 aliphatic rings. The lowest BCUT2D eigenvalue weighted by Crippen LogP contribution is -2.47. The topological polar surface area (TPSA) is 153 Å². The van der Waals surface area contributed by atoms with Gasteiger partial charge in [0.15, 0.2) is 12.1 Å². The molecule has 208 valence electrons. The summed E-state index contributed by atoms with van der Waals surface area (Å²) in [6.07, 6.45) is -1.50. The molecule has 5 atom stereocenters. The van der Waals surface area contributed by atoms with Crippen LogP contribution in [0.1, 0.15) is 68.3 Å². The minimum atomic E-state index is -0.898. The minimum absolute atomic E-state index is 0.00774. The number of hydrogen-bond acceptors (Lipinski definition) is 11. The van der Waals surface area contributed by atoms with E-state index in [-0.39, 0.29) is 70.9 Å². The zero-order valence-corrected chi connectivity index (χ0v) is 21.5. The van der Waals surface area contributed by atoms with Gasteiger partial charge in [0.1, 0.15) is 23.5 Å². The van der Waals surface area contributed by atoms with Gasteiger partial charge in [0.05, 0.1) is 61.9 Å². The number of aliphatic hydroxyl groups excluding tert-OH is 1. The van der Waals surface area contributed by atoms with Crippen LogP contribution in [0.25, 0.3) is 0 Å². The maximum atomic E-state index is 13.6. The van der Waals surface area contributed by atoms with Gasteiger partial charge in [-0.1, -0.05) is 12.1 Å². The SMILES string of the molecule is COc1cccc2c1C(=O)c1c(O)c3c(c(O)c1C2=O)C[C@H](O)CC3O[C@H]1CC[C@H](OC2COCCN2)CO1. The van der Waals surface area contributed by atoms with Crippen LogP contribution in [-0.4, -0.2) is 85.1 Å². The Balaban J connectivity index is 1.28. The number of morpholine rings is 1. The number of ether oxygens (including phenoxy) is 5. The monoisotopic (exact) mass is 541 g/mol. The average Bonchev–Trinajstić information content (AvgIpc) is 2.94. The molecule has 0 bridgehead atoms. The largest absolute Gasteiger partial charge is 0.507 e. The van der Waals surface area contributed by atoms with Crippen LogP contribution in [0, 0.1) is 0 Å². The molecule has 0 amide bonds. The first kappa shape index (κ1) is 26.2. The molecular formula is C28H31NO10. The van der Waals surface area contributed by atoms with Gasteiger partial charge in [-0.3, -0.25) is 14.9 Å². The summed E-state index contributed by atoms with van der Waals surface area (Å²) in [4.78, 5) is 27.0. The summed E-state index contributed by atoms with van der Waals surface area (Å²) in [5.74, 6) is -1.92. The molecule has 4 N–H and O–H groups in total. The van der Waals surface area contributed by atoms with Gasteiger partial charge in [-0.25, -0.2) is 0 Å². The summed E-state index contributed by atoms with van der Waals surface area (Å²) in [5, 5.41) is 36.5. The van der Waals surface area contributed by atoms with E-state index in [0.717, 1.165) is 6.54 Å². The van der Waals surface area contributed by atoms with Crippen molar-refractivity contribution in [3.63, 3.8) is 0 Å².